The lowest BCUT2D eigenvalue weighted by Gasteiger charge is -2.40. The SMILES string of the molecule is [C-]#[N+]c1ccc2c(n1)C(C)(Cn1cccn1)C(=O)NC2(C)C. The first kappa shape index (κ1) is 14.3. The van der Waals surface area contributed by atoms with Gasteiger partial charge in [-0.1, -0.05) is 12.6 Å². The lowest BCUT2D eigenvalue weighted by atomic mass is 9.74. The van der Waals surface area contributed by atoms with Crippen molar-refractivity contribution in [2.24, 2.45) is 0 Å². The van der Waals surface area contributed by atoms with Crippen molar-refractivity contribution in [3.63, 3.8) is 0 Å². The number of hydrogen-bond acceptors (Lipinski definition) is 3. The molecule has 0 bridgehead atoms. The molecule has 0 saturated heterocycles. The zero-order chi connectivity index (χ0) is 16.0. The molecule has 0 radical (unpaired) electrons. The second-order valence-corrected chi connectivity index (χ2v) is 6.29. The number of nitrogens with one attached hydrogen (secondary N) is 1. The van der Waals surface area contributed by atoms with Crippen LogP contribution in [0.25, 0.3) is 4.85 Å². The highest BCUT2D eigenvalue weighted by Crippen LogP contribution is 2.39. The average molecular weight is 295 g/mol. The highest BCUT2D eigenvalue weighted by Gasteiger charge is 2.50. The third-order valence-corrected chi connectivity index (χ3v) is 4.16. The van der Waals surface area contributed by atoms with Gasteiger partial charge in [0.1, 0.15) is 5.41 Å². The largest absolute Gasteiger partial charge is 0.361 e. The second kappa shape index (κ2) is 4.67. The highest BCUT2D eigenvalue weighted by molar-refractivity contribution is 5.90. The van der Waals surface area contributed by atoms with Gasteiger partial charge in [0.05, 0.1) is 12.1 Å². The van der Waals surface area contributed by atoms with Crippen LogP contribution in [-0.2, 0) is 22.3 Å². The van der Waals surface area contributed by atoms with E-state index in [0.717, 1.165) is 5.56 Å². The van der Waals surface area contributed by atoms with Crippen LogP contribution in [0.15, 0.2) is 30.6 Å². The van der Waals surface area contributed by atoms with Crippen LogP contribution in [0.1, 0.15) is 32.0 Å². The molecule has 3 heterocycles. The van der Waals surface area contributed by atoms with Crippen molar-refractivity contribution >= 4 is 11.7 Å². The number of amides is 1. The average Bonchev–Trinajstić information content (AvgIpc) is 2.97. The maximum absolute atomic E-state index is 12.8. The first-order valence-corrected chi connectivity index (χ1v) is 7.06. The Morgan fingerprint density at radius 3 is 2.77 bits per heavy atom. The molecule has 1 aliphatic rings. The molecule has 22 heavy (non-hydrogen) atoms. The molecule has 1 atom stereocenters. The molecular weight excluding hydrogens is 278 g/mol. The molecule has 1 amide bonds. The molecule has 3 rings (SSSR count). The van der Waals surface area contributed by atoms with E-state index >= 15 is 0 Å². The Morgan fingerprint density at radius 2 is 2.14 bits per heavy atom. The molecule has 1 N–H and O–H groups in total. The van der Waals surface area contributed by atoms with E-state index in [-0.39, 0.29) is 5.91 Å². The molecule has 6 heteroatoms. The van der Waals surface area contributed by atoms with Crippen molar-refractivity contribution in [3.05, 3.63) is 53.3 Å². The van der Waals surface area contributed by atoms with Crippen molar-refractivity contribution in [1.29, 1.82) is 0 Å². The van der Waals surface area contributed by atoms with Gasteiger partial charge in [-0.3, -0.25) is 9.48 Å². The summed E-state index contributed by atoms with van der Waals surface area (Å²) >= 11 is 0. The van der Waals surface area contributed by atoms with E-state index < -0.39 is 11.0 Å². The van der Waals surface area contributed by atoms with Gasteiger partial charge in [0, 0.05) is 18.0 Å². The fourth-order valence-electron chi connectivity index (χ4n) is 2.90. The Kier molecular flexibility index (Phi) is 3.03. The molecule has 1 unspecified atom stereocenters. The normalized spacial score (nSPS) is 22.5. The third-order valence-electron chi connectivity index (χ3n) is 4.16. The Hall–Kier alpha value is -2.68. The Labute approximate surface area is 129 Å². The molecule has 0 aromatic carbocycles. The van der Waals surface area contributed by atoms with Gasteiger partial charge in [-0.25, -0.2) is 0 Å². The van der Waals surface area contributed by atoms with Crippen LogP contribution in [0.3, 0.4) is 0 Å². The molecule has 2 aromatic rings. The molecule has 0 fully saturated rings. The summed E-state index contributed by atoms with van der Waals surface area (Å²) in [5.74, 6) is 0.200. The standard InChI is InChI=1S/C16H17N5O/c1-15(2)11-6-7-12(17-4)19-13(11)16(3,14(22)20-15)10-21-9-5-8-18-21/h5-9H,10H2,1-3H3,(H,20,22). The summed E-state index contributed by atoms with van der Waals surface area (Å²) < 4.78 is 1.72. The van der Waals surface area contributed by atoms with Gasteiger partial charge in [-0.2, -0.15) is 5.10 Å². The number of rotatable bonds is 2. The van der Waals surface area contributed by atoms with Crippen LogP contribution in [0, 0.1) is 6.57 Å². The van der Waals surface area contributed by atoms with Crippen molar-refractivity contribution in [2.75, 3.05) is 0 Å². The first-order valence-electron chi connectivity index (χ1n) is 7.06. The number of hydrogen-bond donors (Lipinski definition) is 1. The molecule has 0 aliphatic carbocycles. The smallest absolute Gasteiger partial charge is 0.269 e. The third kappa shape index (κ3) is 2.06. The van der Waals surface area contributed by atoms with Gasteiger partial charge in [0.2, 0.25) is 5.91 Å². The maximum atomic E-state index is 12.8. The molecule has 6 nitrogen and oxygen atoms in total. The summed E-state index contributed by atoms with van der Waals surface area (Å²) in [6.07, 6.45) is 3.49. The van der Waals surface area contributed by atoms with Crippen molar-refractivity contribution in [3.8, 4) is 0 Å². The van der Waals surface area contributed by atoms with Crippen molar-refractivity contribution in [2.45, 2.75) is 38.3 Å². The second-order valence-electron chi connectivity index (χ2n) is 6.29. The molecule has 112 valence electrons. The summed E-state index contributed by atoms with van der Waals surface area (Å²) in [4.78, 5) is 20.6. The first-order chi connectivity index (χ1) is 10.4. The molecule has 2 aromatic heterocycles. The summed E-state index contributed by atoms with van der Waals surface area (Å²) in [5.41, 5.74) is 0.223. The molecule has 0 saturated carbocycles. The summed E-state index contributed by atoms with van der Waals surface area (Å²) in [7, 11) is 0. The zero-order valence-electron chi connectivity index (χ0n) is 12.8. The van der Waals surface area contributed by atoms with E-state index in [2.05, 4.69) is 20.2 Å². The minimum Gasteiger partial charge on any atom is -0.361 e. The van der Waals surface area contributed by atoms with Crippen LogP contribution in [0.2, 0.25) is 0 Å². The van der Waals surface area contributed by atoms with E-state index in [0.29, 0.717) is 18.1 Å². The summed E-state index contributed by atoms with van der Waals surface area (Å²) in [5, 5.41) is 7.25. The van der Waals surface area contributed by atoms with E-state index in [1.54, 1.807) is 16.9 Å². The van der Waals surface area contributed by atoms with Gasteiger partial charge >= 0.3 is 0 Å². The van der Waals surface area contributed by atoms with Crippen LogP contribution in [-0.4, -0.2) is 20.7 Å². The fourth-order valence-corrected chi connectivity index (χ4v) is 2.90. The number of pyridine rings is 1. The number of aromatic nitrogens is 3. The molecule has 1 aliphatic heterocycles. The Balaban J connectivity index is 2.19. The lowest BCUT2D eigenvalue weighted by molar-refractivity contribution is -0.130. The Bertz CT molecular complexity index is 772. The van der Waals surface area contributed by atoms with Crippen LogP contribution < -0.4 is 5.32 Å². The van der Waals surface area contributed by atoms with Crippen LogP contribution in [0.5, 0.6) is 0 Å². The summed E-state index contributed by atoms with van der Waals surface area (Å²) in [6.45, 7) is 13.3. The van der Waals surface area contributed by atoms with Gasteiger partial charge < -0.3 is 10.2 Å². The zero-order valence-corrected chi connectivity index (χ0v) is 12.8. The minimum atomic E-state index is -0.864. The quantitative estimate of drug-likeness (QED) is 0.863. The van der Waals surface area contributed by atoms with Crippen LogP contribution in [0.4, 0.5) is 5.82 Å². The summed E-state index contributed by atoms with van der Waals surface area (Å²) in [6, 6.07) is 5.40. The predicted octanol–water partition coefficient (Wildman–Crippen LogP) is 2.15. The number of nitrogens with zero attached hydrogens (tertiary/aromatic N) is 4. The number of carbonyl (C=O) groups is 1. The predicted molar refractivity (Wildman–Crippen MR) is 81.2 cm³/mol. The van der Waals surface area contributed by atoms with Gasteiger partial charge in [-0.05, 0) is 32.9 Å². The number of carbonyl (C=O) groups excluding carboxylic acids is 1. The van der Waals surface area contributed by atoms with Crippen LogP contribution >= 0.6 is 0 Å². The van der Waals surface area contributed by atoms with E-state index in [1.165, 1.54) is 0 Å². The Morgan fingerprint density at radius 1 is 1.36 bits per heavy atom. The van der Waals surface area contributed by atoms with Gasteiger partial charge in [0.25, 0.3) is 5.82 Å². The van der Waals surface area contributed by atoms with Crippen molar-refractivity contribution < 1.29 is 4.79 Å². The van der Waals surface area contributed by atoms with Crippen molar-refractivity contribution in [1.82, 2.24) is 20.1 Å². The molecular formula is C16H17N5O. The maximum Gasteiger partial charge on any atom is 0.269 e. The lowest BCUT2D eigenvalue weighted by Crippen LogP contribution is -2.57. The highest BCUT2D eigenvalue weighted by atomic mass is 16.2. The minimum absolute atomic E-state index is 0.102. The van der Waals surface area contributed by atoms with E-state index in [9.17, 15) is 4.79 Å². The fraction of sp³-hybridized carbons (Fsp3) is 0.375. The monoisotopic (exact) mass is 295 g/mol. The molecule has 0 spiro atoms. The number of fused-ring (bicyclic) bond motifs is 1. The topological polar surface area (TPSA) is 64.2 Å². The van der Waals surface area contributed by atoms with Gasteiger partial charge in [0.15, 0.2) is 5.69 Å². The van der Waals surface area contributed by atoms with E-state index in [1.807, 2.05) is 39.1 Å². The van der Waals surface area contributed by atoms with E-state index in [4.69, 9.17) is 6.57 Å². The van der Waals surface area contributed by atoms with Gasteiger partial charge in [-0.15, -0.1) is 4.98 Å².